The SMILES string of the molecule is COC(=O)C(N)c1ccc2c(c1)[C@@H](C(=O)O)CCO2. The van der Waals surface area contributed by atoms with Crippen molar-refractivity contribution in [1.29, 1.82) is 0 Å². The molecule has 0 amide bonds. The number of hydrogen-bond donors (Lipinski definition) is 2. The zero-order valence-corrected chi connectivity index (χ0v) is 10.5. The number of methoxy groups -OCH3 is 1. The van der Waals surface area contributed by atoms with E-state index in [9.17, 15) is 14.7 Å². The molecule has 1 unspecified atom stereocenters. The fraction of sp³-hybridized carbons (Fsp3) is 0.385. The second kappa shape index (κ2) is 5.27. The Morgan fingerprint density at radius 1 is 1.53 bits per heavy atom. The quantitative estimate of drug-likeness (QED) is 0.785. The molecule has 0 radical (unpaired) electrons. The average molecular weight is 265 g/mol. The third-order valence-corrected chi connectivity index (χ3v) is 3.19. The van der Waals surface area contributed by atoms with Gasteiger partial charge in [0.2, 0.25) is 0 Å². The van der Waals surface area contributed by atoms with Gasteiger partial charge in [0.1, 0.15) is 11.8 Å². The number of carboxylic acid groups (broad SMARTS) is 1. The largest absolute Gasteiger partial charge is 0.493 e. The number of fused-ring (bicyclic) bond motifs is 1. The van der Waals surface area contributed by atoms with Crippen molar-refractivity contribution in [1.82, 2.24) is 0 Å². The van der Waals surface area contributed by atoms with Crippen LogP contribution in [0.2, 0.25) is 0 Å². The number of carbonyl (C=O) groups is 2. The first kappa shape index (κ1) is 13.4. The number of ether oxygens (including phenoxy) is 2. The lowest BCUT2D eigenvalue weighted by molar-refractivity contribution is -0.142. The van der Waals surface area contributed by atoms with Gasteiger partial charge in [0.05, 0.1) is 19.6 Å². The van der Waals surface area contributed by atoms with E-state index >= 15 is 0 Å². The van der Waals surface area contributed by atoms with Crippen LogP contribution in [0.15, 0.2) is 18.2 Å². The van der Waals surface area contributed by atoms with Gasteiger partial charge in [-0.15, -0.1) is 0 Å². The van der Waals surface area contributed by atoms with Gasteiger partial charge in [0.25, 0.3) is 0 Å². The van der Waals surface area contributed by atoms with E-state index in [4.69, 9.17) is 10.5 Å². The number of carbonyl (C=O) groups excluding carboxylic acids is 1. The van der Waals surface area contributed by atoms with Gasteiger partial charge < -0.3 is 20.3 Å². The van der Waals surface area contributed by atoms with Gasteiger partial charge in [-0.2, -0.15) is 0 Å². The number of nitrogens with two attached hydrogens (primary N) is 1. The van der Waals surface area contributed by atoms with Crippen molar-refractivity contribution in [3.8, 4) is 5.75 Å². The molecule has 0 spiro atoms. The molecule has 6 nitrogen and oxygen atoms in total. The molecule has 6 heteroatoms. The maximum Gasteiger partial charge on any atom is 0.327 e. The van der Waals surface area contributed by atoms with Crippen LogP contribution >= 0.6 is 0 Å². The molecule has 2 atom stereocenters. The second-order valence-corrected chi connectivity index (χ2v) is 4.33. The van der Waals surface area contributed by atoms with Gasteiger partial charge >= 0.3 is 11.9 Å². The van der Waals surface area contributed by atoms with Gasteiger partial charge in [0, 0.05) is 5.56 Å². The Kier molecular flexibility index (Phi) is 3.71. The summed E-state index contributed by atoms with van der Waals surface area (Å²) in [5, 5.41) is 9.19. The van der Waals surface area contributed by atoms with E-state index in [0.717, 1.165) is 0 Å². The molecule has 2 rings (SSSR count). The van der Waals surface area contributed by atoms with Gasteiger partial charge in [-0.05, 0) is 24.1 Å². The van der Waals surface area contributed by atoms with Crippen molar-refractivity contribution in [3.05, 3.63) is 29.3 Å². The molecule has 0 fully saturated rings. The maximum atomic E-state index is 11.4. The predicted molar refractivity (Wildman–Crippen MR) is 65.9 cm³/mol. The Morgan fingerprint density at radius 3 is 2.89 bits per heavy atom. The summed E-state index contributed by atoms with van der Waals surface area (Å²) in [6.45, 7) is 0.367. The number of aliphatic carboxylic acids is 1. The van der Waals surface area contributed by atoms with Crippen LogP contribution in [0, 0.1) is 0 Å². The molecule has 0 aliphatic carbocycles. The molecule has 0 saturated heterocycles. The van der Waals surface area contributed by atoms with Gasteiger partial charge in [0.15, 0.2) is 0 Å². The predicted octanol–water partition coefficient (Wildman–Crippen LogP) is 0.810. The molecule has 3 N–H and O–H groups in total. The first-order valence-electron chi connectivity index (χ1n) is 5.87. The highest BCUT2D eigenvalue weighted by molar-refractivity contribution is 5.80. The van der Waals surface area contributed by atoms with Gasteiger partial charge in [-0.1, -0.05) is 6.07 Å². The van der Waals surface area contributed by atoms with Crippen LogP contribution in [-0.2, 0) is 14.3 Å². The lowest BCUT2D eigenvalue weighted by atomic mass is 9.90. The highest BCUT2D eigenvalue weighted by Gasteiger charge is 2.29. The van der Waals surface area contributed by atoms with Gasteiger partial charge in [-0.3, -0.25) is 9.59 Å². The summed E-state index contributed by atoms with van der Waals surface area (Å²) < 4.78 is 9.98. The van der Waals surface area contributed by atoms with E-state index in [0.29, 0.717) is 29.9 Å². The molecule has 1 heterocycles. The number of rotatable bonds is 3. The van der Waals surface area contributed by atoms with Crippen LogP contribution < -0.4 is 10.5 Å². The van der Waals surface area contributed by atoms with Crippen LogP contribution in [0.5, 0.6) is 5.75 Å². The highest BCUT2D eigenvalue weighted by atomic mass is 16.5. The topological polar surface area (TPSA) is 98.9 Å². The molecule has 0 bridgehead atoms. The Balaban J connectivity index is 2.38. The van der Waals surface area contributed by atoms with E-state index < -0.39 is 23.9 Å². The highest BCUT2D eigenvalue weighted by Crippen LogP contribution is 2.35. The van der Waals surface area contributed by atoms with E-state index in [1.807, 2.05) is 0 Å². The molecule has 1 aliphatic heterocycles. The van der Waals surface area contributed by atoms with E-state index in [1.165, 1.54) is 7.11 Å². The van der Waals surface area contributed by atoms with Crippen LogP contribution in [0.25, 0.3) is 0 Å². The van der Waals surface area contributed by atoms with Crippen molar-refractivity contribution < 1.29 is 24.2 Å². The fourth-order valence-electron chi connectivity index (χ4n) is 2.13. The average Bonchev–Trinajstić information content (AvgIpc) is 2.44. The Hall–Kier alpha value is -2.08. The van der Waals surface area contributed by atoms with Crippen molar-refractivity contribution in [3.63, 3.8) is 0 Å². The van der Waals surface area contributed by atoms with Crippen molar-refractivity contribution in [2.75, 3.05) is 13.7 Å². The molecule has 1 aromatic rings. The monoisotopic (exact) mass is 265 g/mol. The summed E-state index contributed by atoms with van der Waals surface area (Å²) in [5.41, 5.74) is 6.81. The minimum absolute atomic E-state index is 0.367. The molecular weight excluding hydrogens is 250 g/mol. The first-order valence-corrected chi connectivity index (χ1v) is 5.87. The molecule has 102 valence electrons. The third kappa shape index (κ3) is 2.53. The van der Waals surface area contributed by atoms with Crippen LogP contribution in [-0.4, -0.2) is 30.8 Å². The van der Waals surface area contributed by atoms with Crippen molar-refractivity contribution >= 4 is 11.9 Å². The number of hydrogen-bond acceptors (Lipinski definition) is 5. The third-order valence-electron chi connectivity index (χ3n) is 3.19. The molecule has 1 aliphatic rings. The molecule has 19 heavy (non-hydrogen) atoms. The minimum Gasteiger partial charge on any atom is -0.493 e. The molecule has 0 saturated carbocycles. The van der Waals surface area contributed by atoms with E-state index in [1.54, 1.807) is 18.2 Å². The summed E-state index contributed by atoms with van der Waals surface area (Å²) in [6.07, 6.45) is 0.402. The summed E-state index contributed by atoms with van der Waals surface area (Å²) in [6, 6.07) is 3.97. The van der Waals surface area contributed by atoms with E-state index in [2.05, 4.69) is 4.74 Å². The van der Waals surface area contributed by atoms with Crippen LogP contribution in [0.4, 0.5) is 0 Å². The van der Waals surface area contributed by atoms with Crippen LogP contribution in [0.3, 0.4) is 0 Å². The van der Waals surface area contributed by atoms with E-state index in [-0.39, 0.29) is 0 Å². The normalized spacial score (nSPS) is 18.9. The minimum atomic E-state index is -0.924. The smallest absolute Gasteiger partial charge is 0.327 e. The summed E-state index contributed by atoms with van der Waals surface area (Å²) in [5.74, 6) is -1.58. The Morgan fingerprint density at radius 2 is 2.26 bits per heavy atom. The summed E-state index contributed by atoms with van der Waals surface area (Å²) in [4.78, 5) is 22.6. The Bertz CT molecular complexity index is 514. The molecular formula is C13H15NO5. The fourth-order valence-corrected chi connectivity index (χ4v) is 2.13. The van der Waals surface area contributed by atoms with Crippen molar-refractivity contribution in [2.24, 2.45) is 5.73 Å². The zero-order valence-electron chi connectivity index (χ0n) is 10.5. The lowest BCUT2D eigenvalue weighted by Crippen LogP contribution is -2.25. The standard InChI is InChI=1S/C13H15NO5/c1-18-13(17)11(14)7-2-3-10-9(6-7)8(12(15)16)4-5-19-10/h2-3,6,8,11H,4-5,14H2,1H3,(H,15,16)/t8-,11?/m0/s1. The van der Waals surface area contributed by atoms with Crippen molar-refractivity contribution in [2.45, 2.75) is 18.4 Å². The Labute approximate surface area is 110 Å². The molecule has 1 aromatic carbocycles. The molecule has 0 aromatic heterocycles. The maximum absolute atomic E-state index is 11.4. The first-order chi connectivity index (χ1) is 9.04. The number of esters is 1. The zero-order chi connectivity index (χ0) is 14.0. The number of carboxylic acids is 1. The number of benzene rings is 1. The summed E-state index contributed by atoms with van der Waals surface area (Å²) in [7, 11) is 1.25. The summed E-state index contributed by atoms with van der Waals surface area (Å²) >= 11 is 0. The van der Waals surface area contributed by atoms with Gasteiger partial charge in [-0.25, -0.2) is 0 Å². The lowest BCUT2D eigenvalue weighted by Gasteiger charge is -2.24. The van der Waals surface area contributed by atoms with Crippen LogP contribution in [0.1, 0.15) is 29.5 Å². The second-order valence-electron chi connectivity index (χ2n) is 4.33.